The first-order valence-corrected chi connectivity index (χ1v) is 4.39. The number of aromatic nitrogens is 3. The summed E-state index contributed by atoms with van der Waals surface area (Å²) in [4.78, 5) is 10.9. The van der Waals surface area contributed by atoms with Gasteiger partial charge in [-0.1, -0.05) is 13.5 Å². The normalized spacial score (nSPS) is 12.1. The average Bonchev–Trinajstić information content (AvgIpc) is 2.60. The Balaban J connectivity index is 2.51. The van der Waals surface area contributed by atoms with Gasteiger partial charge >= 0.3 is 0 Å². The molecule has 1 heterocycles. The fraction of sp³-hybridized carbons (Fsp3) is 0.444. The van der Waals surface area contributed by atoms with Crippen LogP contribution < -0.4 is 5.32 Å². The summed E-state index contributed by atoms with van der Waals surface area (Å²) in [6.07, 6.45) is 2.89. The van der Waals surface area contributed by atoms with E-state index in [1.807, 2.05) is 18.5 Å². The van der Waals surface area contributed by atoms with Crippen LogP contribution in [0, 0.1) is 0 Å². The third-order valence-electron chi connectivity index (χ3n) is 1.96. The Morgan fingerprint density at radius 1 is 1.86 bits per heavy atom. The lowest BCUT2D eigenvalue weighted by Gasteiger charge is -2.10. The van der Waals surface area contributed by atoms with Crippen LogP contribution in [0.5, 0.6) is 0 Å². The molecule has 0 bridgehead atoms. The van der Waals surface area contributed by atoms with E-state index in [9.17, 15) is 4.79 Å². The van der Waals surface area contributed by atoms with Crippen LogP contribution in [-0.4, -0.2) is 27.2 Å². The largest absolute Gasteiger partial charge is 0.352 e. The molecule has 1 rings (SSSR count). The van der Waals surface area contributed by atoms with E-state index in [0.717, 1.165) is 5.82 Å². The lowest BCUT2D eigenvalue weighted by atomic mass is 10.1. The summed E-state index contributed by atoms with van der Waals surface area (Å²) in [6.45, 7) is 5.89. The molecular weight excluding hydrogens is 180 g/mol. The molecule has 1 N–H and O–H groups in total. The first kappa shape index (κ1) is 10.4. The molecule has 0 radical (unpaired) electrons. The second kappa shape index (κ2) is 4.55. The van der Waals surface area contributed by atoms with Crippen LogP contribution in [0.15, 0.2) is 19.0 Å². The van der Waals surface area contributed by atoms with Crippen molar-refractivity contribution in [1.29, 1.82) is 0 Å². The minimum atomic E-state index is -0.168. The molecule has 1 aromatic rings. The summed E-state index contributed by atoms with van der Waals surface area (Å²) in [7, 11) is 1.88. The lowest BCUT2D eigenvalue weighted by Crippen LogP contribution is -2.26. The van der Waals surface area contributed by atoms with Crippen molar-refractivity contribution in [2.45, 2.75) is 12.8 Å². The van der Waals surface area contributed by atoms with Crippen molar-refractivity contribution in [3.63, 3.8) is 0 Å². The maximum atomic E-state index is 10.9. The number of hydrogen-bond acceptors (Lipinski definition) is 3. The monoisotopic (exact) mass is 194 g/mol. The first-order chi connectivity index (χ1) is 6.65. The van der Waals surface area contributed by atoms with Crippen LogP contribution in [0.3, 0.4) is 0 Å². The number of nitrogens with one attached hydrogen (secondary N) is 1. The number of hydrogen-bond donors (Lipinski definition) is 1. The Morgan fingerprint density at radius 2 is 2.57 bits per heavy atom. The quantitative estimate of drug-likeness (QED) is 0.697. The number of nitrogens with zero attached hydrogens (tertiary/aromatic N) is 3. The molecule has 0 aliphatic carbocycles. The third kappa shape index (κ3) is 2.42. The Kier molecular flexibility index (Phi) is 3.39. The highest BCUT2D eigenvalue weighted by molar-refractivity contribution is 5.86. The van der Waals surface area contributed by atoms with Gasteiger partial charge in [0, 0.05) is 19.5 Å². The highest BCUT2D eigenvalue weighted by atomic mass is 16.1. The lowest BCUT2D eigenvalue weighted by molar-refractivity contribution is -0.116. The van der Waals surface area contributed by atoms with Crippen molar-refractivity contribution in [1.82, 2.24) is 20.1 Å². The van der Waals surface area contributed by atoms with Gasteiger partial charge in [-0.15, -0.1) is 10.2 Å². The van der Waals surface area contributed by atoms with Crippen molar-refractivity contribution in [2.75, 3.05) is 6.54 Å². The molecule has 76 valence electrons. The number of carbonyl (C=O) groups is 1. The minimum Gasteiger partial charge on any atom is -0.352 e. The summed E-state index contributed by atoms with van der Waals surface area (Å²) in [6, 6.07) is 0. The predicted molar refractivity (Wildman–Crippen MR) is 52.6 cm³/mol. The summed E-state index contributed by atoms with van der Waals surface area (Å²) >= 11 is 0. The zero-order chi connectivity index (χ0) is 10.6. The topological polar surface area (TPSA) is 59.8 Å². The van der Waals surface area contributed by atoms with E-state index in [1.54, 1.807) is 6.33 Å². The predicted octanol–water partition coefficient (Wildman–Crippen LogP) is 0.221. The molecule has 1 amide bonds. The standard InChI is InChI=1S/C9H14N4O/c1-4-8(14)10-5-7(2)9-12-11-6-13(9)3/h4,6-7H,1,5H2,2-3H3,(H,10,14)/t7-/m0/s1. The minimum absolute atomic E-state index is 0.145. The van der Waals surface area contributed by atoms with Gasteiger partial charge in [-0.25, -0.2) is 0 Å². The van der Waals surface area contributed by atoms with Gasteiger partial charge in [0.2, 0.25) is 5.91 Å². The van der Waals surface area contributed by atoms with Crippen molar-refractivity contribution >= 4 is 5.91 Å². The van der Waals surface area contributed by atoms with Crippen molar-refractivity contribution in [3.8, 4) is 0 Å². The Bertz CT molecular complexity index is 331. The van der Waals surface area contributed by atoms with Gasteiger partial charge < -0.3 is 9.88 Å². The molecule has 5 nitrogen and oxygen atoms in total. The first-order valence-electron chi connectivity index (χ1n) is 4.39. The highest BCUT2D eigenvalue weighted by Crippen LogP contribution is 2.08. The van der Waals surface area contributed by atoms with Crippen molar-refractivity contribution in [3.05, 3.63) is 24.8 Å². The van der Waals surface area contributed by atoms with E-state index in [-0.39, 0.29) is 11.8 Å². The molecule has 1 aromatic heterocycles. The fourth-order valence-corrected chi connectivity index (χ4v) is 1.16. The molecule has 0 fully saturated rings. The fourth-order valence-electron chi connectivity index (χ4n) is 1.16. The molecule has 0 aliphatic rings. The Labute approximate surface area is 82.8 Å². The van der Waals surface area contributed by atoms with Crippen molar-refractivity contribution in [2.24, 2.45) is 7.05 Å². The van der Waals surface area contributed by atoms with Gasteiger partial charge in [-0.2, -0.15) is 0 Å². The van der Waals surface area contributed by atoms with E-state index in [0.29, 0.717) is 6.54 Å². The molecule has 0 spiro atoms. The molecule has 0 saturated carbocycles. The van der Waals surface area contributed by atoms with Gasteiger partial charge in [-0.3, -0.25) is 4.79 Å². The Hall–Kier alpha value is -1.65. The maximum absolute atomic E-state index is 10.9. The number of amides is 1. The van der Waals surface area contributed by atoms with Crippen molar-refractivity contribution < 1.29 is 4.79 Å². The highest BCUT2D eigenvalue weighted by Gasteiger charge is 2.11. The Morgan fingerprint density at radius 3 is 3.07 bits per heavy atom. The SMILES string of the molecule is C=CC(=O)NC[C@H](C)c1nncn1C. The summed E-state index contributed by atoms with van der Waals surface area (Å²) in [5, 5.41) is 10.4. The van der Waals surface area contributed by atoms with Crippen LogP contribution in [0.1, 0.15) is 18.7 Å². The van der Waals surface area contributed by atoms with E-state index < -0.39 is 0 Å². The van der Waals surface area contributed by atoms with Crippen LogP contribution >= 0.6 is 0 Å². The van der Waals surface area contributed by atoms with Gasteiger partial charge in [0.15, 0.2) is 0 Å². The van der Waals surface area contributed by atoms with Gasteiger partial charge in [-0.05, 0) is 6.08 Å². The zero-order valence-corrected chi connectivity index (χ0v) is 8.40. The van der Waals surface area contributed by atoms with Crippen LogP contribution in [0.4, 0.5) is 0 Å². The molecular formula is C9H14N4O. The number of aryl methyl sites for hydroxylation is 1. The molecule has 0 saturated heterocycles. The van der Waals surface area contributed by atoms with Crippen LogP contribution in [0.25, 0.3) is 0 Å². The van der Waals surface area contributed by atoms with Gasteiger partial charge in [0.05, 0.1) is 0 Å². The van der Waals surface area contributed by atoms with E-state index in [4.69, 9.17) is 0 Å². The van der Waals surface area contributed by atoms with E-state index >= 15 is 0 Å². The van der Waals surface area contributed by atoms with Crippen LogP contribution in [0.2, 0.25) is 0 Å². The third-order valence-corrected chi connectivity index (χ3v) is 1.96. The summed E-state index contributed by atoms with van der Waals surface area (Å²) in [5.74, 6) is 0.833. The smallest absolute Gasteiger partial charge is 0.243 e. The van der Waals surface area contributed by atoms with E-state index in [1.165, 1.54) is 6.08 Å². The number of carbonyl (C=O) groups excluding carboxylic acids is 1. The summed E-state index contributed by atoms with van der Waals surface area (Å²) < 4.78 is 1.84. The molecule has 5 heteroatoms. The molecule has 0 aromatic carbocycles. The van der Waals surface area contributed by atoms with Crippen LogP contribution in [-0.2, 0) is 11.8 Å². The zero-order valence-electron chi connectivity index (χ0n) is 8.40. The molecule has 14 heavy (non-hydrogen) atoms. The van der Waals surface area contributed by atoms with Gasteiger partial charge in [0.1, 0.15) is 12.2 Å². The van der Waals surface area contributed by atoms with E-state index in [2.05, 4.69) is 22.1 Å². The average molecular weight is 194 g/mol. The number of rotatable bonds is 4. The molecule has 1 atom stereocenters. The molecule has 0 aliphatic heterocycles. The second-order valence-electron chi connectivity index (χ2n) is 3.15. The molecule has 0 unspecified atom stereocenters. The van der Waals surface area contributed by atoms with Gasteiger partial charge in [0.25, 0.3) is 0 Å². The summed E-state index contributed by atoms with van der Waals surface area (Å²) in [5.41, 5.74) is 0. The maximum Gasteiger partial charge on any atom is 0.243 e. The second-order valence-corrected chi connectivity index (χ2v) is 3.15.